The van der Waals surface area contributed by atoms with Gasteiger partial charge in [0.15, 0.2) is 0 Å². The number of halogens is 1. The first-order chi connectivity index (χ1) is 16.3. The number of carbonyl (C=O) groups excluding carboxylic acids is 2. The molecule has 0 saturated heterocycles. The van der Waals surface area contributed by atoms with E-state index in [0.29, 0.717) is 17.7 Å². The second-order valence-electron chi connectivity index (χ2n) is 8.70. The normalized spacial score (nSPS) is 20.1. The molecule has 0 fully saturated rings. The standard InChI is InChI=1S/C25H31IN2O6/c1-16(2)11-23(30)28(14-17-7-10-33-15-17)20-12-18(25(32)27-8-9-29)13-22(24(20)31)34-21-6-4-3-5-19(21)26/h3-7,10,13,15-16,20,22,24,29,31H,8-9,11-12,14H2,1-2H3,(H,27,32)/t20-,22+,24+/m1/s1. The number of hydrogen-bond acceptors (Lipinski definition) is 6. The Morgan fingerprint density at radius 1 is 1.29 bits per heavy atom. The summed E-state index contributed by atoms with van der Waals surface area (Å²) in [4.78, 5) is 27.7. The number of rotatable bonds is 10. The van der Waals surface area contributed by atoms with Gasteiger partial charge < -0.3 is 29.6 Å². The van der Waals surface area contributed by atoms with Gasteiger partial charge in [-0.15, -0.1) is 0 Å². The minimum atomic E-state index is -1.06. The highest BCUT2D eigenvalue weighted by Gasteiger charge is 2.40. The van der Waals surface area contributed by atoms with E-state index in [1.165, 1.54) is 6.26 Å². The molecule has 34 heavy (non-hydrogen) atoms. The fourth-order valence-corrected chi connectivity index (χ4v) is 4.42. The highest BCUT2D eigenvalue weighted by atomic mass is 127. The van der Waals surface area contributed by atoms with Crippen molar-refractivity contribution in [2.45, 2.75) is 51.5 Å². The second kappa shape index (κ2) is 12.4. The van der Waals surface area contributed by atoms with Crippen molar-refractivity contribution >= 4 is 34.4 Å². The number of aliphatic hydroxyl groups is 2. The minimum absolute atomic E-state index is 0.108. The van der Waals surface area contributed by atoms with Crippen LogP contribution in [0.1, 0.15) is 32.3 Å². The molecule has 9 heteroatoms. The number of furan rings is 1. The van der Waals surface area contributed by atoms with Crippen LogP contribution in [-0.4, -0.2) is 58.3 Å². The third kappa shape index (κ3) is 6.83. The van der Waals surface area contributed by atoms with E-state index in [9.17, 15) is 14.7 Å². The Morgan fingerprint density at radius 3 is 2.71 bits per heavy atom. The van der Waals surface area contributed by atoms with E-state index in [2.05, 4.69) is 27.9 Å². The Kier molecular flexibility index (Phi) is 9.54. The van der Waals surface area contributed by atoms with Crippen LogP contribution in [0.2, 0.25) is 0 Å². The minimum Gasteiger partial charge on any atom is -0.482 e. The van der Waals surface area contributed by atoms with Crippen molar-refractivity contribution in [3.8, 4) is 5.75 Å². The monoisotopic (exact) mass is 582 g/mol. The highest BCUT2D eigenvalue weighted by molar-refractivity contribution is 14.1. The van der Waals surface area contributed by atoms with Gasteiger partial charge in [0, 0.05) is 37.1 Å². The van der Waals surface area contributed by atoms with Crippen LogP contribution in [0.15, 0.2) is 58.9 Å². The fraction of sp³-hybridized carbons (Fsp3) is 0.440. The first-order valence-electron chi connectivity index (χ1n) is 11.3. The summed E-state index contributed by atoms with van der Waals surface area (Å²) in [5, 5.41) is 23.2. The number of aliphatic hydroxyl groups excluding tert-OH is 2. The fourth-order valence-electron chi connectivity index (χ4n) is 3.90. The zero-order chi connectivity index (χ0) is 24.7. The highest BCUT2D eigenvalue weighted by Crippen LogP contribution is 2.31. The quantitative estimate of drug-likeness (QED) is 0.372. The summed E-state index contributed by atoms with van der Waals surface area (Å²) in [6.45, 7) is 4.08. The van der Waals surface area contributed by atoms with Crippen molar-refractivity contribution < 1.29 is 29.0 Å². The molecule has 2 amide bonds. The topological polar surface area (TPSA) is 112 Å². The summed E-state index contributed by atoms with van der Waals surface area (Å²) < 4.78 is 12.2. The van der Waals surface area contributed by atoms with Crippen molar-refractivity contribution in [1.82, 2.24) is 10.2 Å². The van der Waals surface area contributed by atoms with E-state index >= 15 is 0 Å². The molecule has 0 bridgehead atoms. The number of hydrogen-bond donors (Lipinski definition) is 3. The lowest BCUT2D eigenvalue weighted by molar-refractivity contribution is -0.140. The maximum Gasteiger partial charge on any atom is 0.247 e. The third-order valence-electron chi connectivity index (χ3n) is 5.55. The van der Waals surface area contributed by atoms with Crippen molar-refractivity contribution in [3.63, 3.8) is 0 Å². The Balaban J connectivity index is 1.95. The molecular formula is C25H31IN2O6. The van der Waals surface area contributed by atoms with Gasteiger partial charge in [-0.3, -0.25) is 9.59 Å². The van der Waals surface area contributed by atoms with Gasteiger partial charge in [0.25, 0.3) is 0 Å². The van der Waals surface area contributed by atoms with Crippen molar-refractivity contribution in [2.75, 3.05) is 13.2 Å². The van der Waals surface area contributed by atoms with Gasteiger partial charge in [-0.1, -0.05) is 26.0 Å². The van der Waals surface area contributed by atoms with Crippen molar-refractivity contribution in [2.24, 2.45) is 5.92 Å². The first-order valence-corrected chi connectivity index (χ1v) is 12.4. The zero-order valence-corrected chi connectivity index (χ0v) is 21.5. The van der Waals surface area contributed by atoms with E-state index in [1.807, 2.05) is 32.0 Å². The lowest BCUT2D eigenvalue weighted by Crippen LogP contribution is -2.55. The Morgan fingerprint density at radius 2 is 2.06 bits per heavy atom. The first kappa shape index (κ1) is 26.2. The SMILES string of the molecule is CC(C)CC(=O)N(Cc1ccoc1)[C@@H]1CC(C(=O)NCCO)=C[C@H](Oc2ccccc2I)[C@H]1O. The molecule has 3 rings (SSSR count). The number of ether oxygens (including phenoxy) is 1. The number of nitrogens with zero attached hydrogens (tertiary/aromatic N) is 1. The molecule has 1 aromatic heterocycles. The Hall–Kier alpha value is -2.37. The molecule has 0 unspecified atom stereocenters. The van der Waals surface area contributed by atoms with Gasteiger partial charge in [0.05, 0.1) is 28.7 Å². The van der Waals surface area contributed by atoms with Crippen LogP contribution in [0.3, 0.4) is 0 Å². The van der Waals surface area contributed by atoms with Crippen LogP contribution < -0.4 is 10.1 Å². The van der Waals surface area contributed by atoms with Gasteiger partial charge in [0.2, 0.25) is 11.8 Å². The molecule has 1 heterocycles. The largest absolute Gasteiger partial charge is 0.482 e. The summed E-state index contributed by atoms with van der Waals surface area (Å²) in [5.41, 5.74) is 1.19. The molecule has 1 aromatic carbocycles. The van der Waals surface area contributed by atoms with Crippen LogP contribution in [-0.2, 0) is 16.1 Å². The summed E-state index contributed by atoms with van der Waals surface area (Å²) >= 11 is 2.15. The predicted molar refractivity (Wildman–Crippen MR) is 135 cm³/mol. The maximum absolute atomic E-state index is 13.3. The van der Waals surface area contributed by atoms with E-state index in [1.54, 1.807) is 29.4 Å². The van der Waals surface area contributed by atoms with Gasteiger partial charge in [0.1, 0.15) is 18.0 Å². The molecule has 0 saturated carbocycles. The van der Waals surface area contributed by atoms with Crippen LogP contribution in [0.5, 0.6) is 5.75 Å². The number of amides is 2. The molecular weight excluding hydrogens is 551 g/mol. The van der Waals surface area contributed by atoms with E-state index in [0.717, 1.165) is 9.13 Å². The average molecular weight is 582 g/mol. The van der Waals surface area contributed by atoms with E-state index in [4.69, 9.17) is 14.3 Å². The van der Waals surface area contributed by atoms with E-state index < -0.39 is 18.2 Å². The summed E-state index contributed by atoms with van der Waals surface area (Å²) in [5.74, 6) is 0.224. The molecule has 3 N–H and O–H groups in total. The van der Waals surface area contributed by atoms with Crippen LogP contribution in [0.4, 0.5) is 0 Å². The average Bonchev–Trinajstić information content (AvgIpc) is 3.31. The summed E-state index contributed by atoms with van der Waals surface area (Å²) in [6.07, 6.45) is 3.27. The Bertz CT molecular complexity index is 991. The molecule has 0 spiro atoms. The second-order valence-corrected chi connectivity index (χ2v) is 9.86. The molecule has 8 nitrogen and oxygen atoms in total. The van der Waals surface area contributed by atoms with E-state index in [-0.39, 0.29) is 43.8 Å². The predicted octanol–water partition coefficient (Wildman–Crippen LogP) is 2.87. The molecule has 3 atom stereocenters. The molecule has 2 aromatic rings. The maximum atomic E-state index is 13.3. The summed E-state index contributed by atoms with van der Waals surface area (Å²) in [6, 6.07) is 8.49. The summed E-state index contributed by atoms with van der Waals surface area (Å²) in [7, 11) is 0. The van der Waals surface area contributed by atoms with Crippen molar-refractivity contribution in [3.05, 3.63) is 63.6 Å². The van der Waals surface area contributed by atoms with Gasteiger partial charge in [-0.05, 0) is 52.8 Å². The molecule has 1 aliphatic carbocycles. The zero-order valence-electron chi connectivity index (χ0n) is 19.3. The number of carbonyl (C=O) groups is 2. The third-order valence-corrected chi connectivity index (χ3v) is 6.44. The number of para-hydroxylation sites is 1. The molecule has 184 valence electrons. The van der Waals surface area contributed by atoms with Crippen LogP contribution >= 0.6 is 22.6 Å². The molecule has 0 aliphatic heterocycles. The number of nitrogens with one attached hydrogen (secondary N) is 1. The molecule has 1 aliphatic rings. The van der Waals surface area contributed by atoms with Crippen LogP contribution in [0, 0.1) is 9.49 Å². The van der Waals surface area contributed by atoms with Gasteiger partial charge >= 0.3 is 0 Å². The lowest BCUT2D eigenvalue weighted by Gasteiger charge is -2.40. The Labute approximate surface area is 213 Å². The molecule has 0 radical (unpaired) electrons. The van der Waals surface area contributed by atoms with Crippen molar-refractivity contribution in [1.29, 1.82) is 0 Å². The smallest absolute Gasteiger partial charge is 0.247 e. The lowest BCUT2D eigenvalue weighted by atomic mass is 9.87. The van der Waals surface area contributed by atoms with Gasteiger partial charge in [-0.2, -0.15) is 0 Å². The number of benzene rings is 1. The van der Waals surface area contributed by atoms with Gasteiger partial charge in [-0.25, -0.2) is 0 Å². The van der Waals surface area contributed by atoms with Crippen LogP contribution in [0.25, 0.3) is 0 Å².